The van der Waals surface area contributed by atoms with Gasteiger partial charge in [0.2, 0.25) is 28.3 Å². The average Bonchev–Trinajstić information content (AvgIpc) is 3.03. The van der Waals surface area contributed by atoms with Crippen molar-refractivity contribution in [3.8, 4) is 11.8 Å². The van der Waals surface area contributed by atoms with Crippen molar-refractivity contribution in [1.29, 1.82) is 0 Å². The summed E-state index contributed by atoms with van der Waals surface area (Å²) < 4.78 is 55.4. The number of halogens is 4. The highest BCUT2D eigenvalue weighted by atomic mass is 35.5. The number of ether oxygens (including phenoxy) is 1. The molecule has 2 aromatic heterocycles. The van der Waals surface area contributed by atoms with Gasteiger partial charge in [-0.3, -0.25) is 4.57 Å². The Bertz CT molecular complexity index is 1150. The molecule has 0 fully saturated rings. The number of aromatic nitrogens is 3. The molecule has 0 spiro atoms. The standard InChI is InChI=1S/C16H14Cl2F2N4O3S/c1-27-15-8(2-5-12(19)20)6-22-16(23-15)24-7-11(28(21,25)26)9-3-4-10(17)13(18)14(9)24/h3-4,6-7,12H,2,5H2,1H3,(H2,21,25,26). The molecule has 0 aliphatic carbocycles. The van der Waals surface area contributed by atoms with Crippen molar-refractivity contribution in [2.24, 2.45) is 5.14 Å². The molecule has 0 radical (unpaired) electrons. The second-order valence-corrected chi connectivity index (χ2v) is 8.12. The minimum Gasteiger partial charge on any atom is -0.481 e. The largest absolute Gasteiger partial charge is 0.481 e. The minimum absolute atomic E-state index is 0.0155. The number of nitrogens with two attached hydrogens (primary N) is 1. The molecule has 3 aromatic rings. The van der Waals surface area contributed by atoms with Crippen LogP contribution in [0.2, 0.25) is 10.0 Å². The van der Waals surface area contributed by atoms with Gasteiger partial charge in [-0.15, -0.1) is 0 Å². The molecule has 150 valence electrons. The van der Waals surface area contributed by atoms with Crippen molar-refractivity contribution in [3.63, 3.8) is 0 Å². The number of methoxy groups -OCH3 is 1. The summed E-state index contributed by atoms with van der Waals surface area (Å²) in [7, 11) is -2.74. The number of alkyl halides is 2. The van der Waals surface area contributed by atoms with Crippen molar-refractivity contribution in [3.05, 3.63) is 40.1 Å². The lowest BCUT2D eigenvalue weighted by Gasteiger charge is -2.10. The van der Waals surface area contributed by atoms with Crippen LogP contribution in [-0.2, 0) is 16.4 Å². The topological polar surface area (TPSA) is 100 Å². The van der Waals surface area contributed by atoms with E-state index in [-0.39, 0.29) is 50.5 Å². The van der Waals surface area contributed by atoms with Gasteiger partial charge in [-0.25, -0.2) is 27.3 Å². The van der Waals surface area contributed by atoms with Crippen molar-refractivity contribution in [2.45, 2.75) is 24.2 Å². The SMILES string of the molecule is COc1nc(-n2cc(S(N)(=O)=O)c3ccc(Cl)c(Cl)c32)ncc1CCC(F)F. The van der Waals surface area contributed by atoms with Gasteiger partial charge < -0.3 is 4.74 Å². The van der Waals surface area contributed by atoms with E-state index in [4.69, 9.17) is 33.1 Å². The first kappa shape index (κ1) is 20.7. The fourth-order valence-corrected chi connectivity index (χ4v) is 3.85. The lowest BCUT2D eigenvalue weighted by molar-refractivity contribution is 0.137. The van der Waals surface area contributed by atoms with Gasteiger partial charge >= 0.3 is 0 Å². The van der Waals surface area contributed by atoms with Gasteiger partial charge in [0.25, 0.3) is 0 Å². The highest BCUT2D eigenvalue weighted by Gasteiger charge is 2.23. The molecular weight excluding hydrogens is 437 g/mol. The molecule has 0 saturated heterocycles. The smallest absolute Gasteiger partial charge is 0.240 e. The van der Waals surface area contributed by atoms with E-state index in [1.54, 1.807) is 0 Å². The zero-order valence-electron chi connectivity index (χ0n) is 14.4. The van der Waals surface area contributed by atoms with Crippen LogP contribution in [0.15, 0.2) is 29.4 Å². The molecule has 0 aliphatic heterocycles. The fraction of sp³-hybridized carbons (Fsp3) is 0.250. The minimum atomic E-state index is -4.08. The van der Waals surface area contributed by atoms with Gasteiger partial charge in [-0.05, 0) is 18.6 Å². The first-order valence-corrected chi connectivity index (χ1v) is 10.1. The van der Waals surface area contributed by atoms with Gasteiger partial charge in [-0.2, -0.15) is 4.98 Å². The van der Waals surface area contributed by atoms with Crippen molar-refractivity contribution >= 4 is 44.1 Å². The molecule has 0 saturated carbocycles. The van der Waals surface area contributed by atoms with Gasteiger partial charge in [0, 0.05) is 29.8 Å². The summed E-state index contributed by atoms with van der Waals surface area (Å²) in [6.07, 6.45) is -0.276. The maximum Gasteiger partial charge on any atom is 0.240 e. The number of benzene rings is 1. The van der Waals surface area contributed by atoms with E-state index in [9.17, 15) is 17.2 Å². The van der Waals surface area contributed by atoms with Gasteiger partial charge in [0.1, 0.15) is 4.90 Å². The van der Waals surface area contributed by atoms with E-state index in [0.717, 1.165) is 0 Å². The predicted octanol–water partition coefficient (Wildman–Crippen LogP) is 3.58. The number of primary sulfonamides is 1. The number of hydrogen-bond donors (Lipinski definition) is 1. The van der Waals surface area contributed by atoms with Crippen LogP contribution in [0.4, 0.5) is 8.78 Å². The molecule has 28 heavy (non-hydrogen) atoms. The summed E-state index contributed by atoms with van der Waals surface area (Å²) in [5.41, 5.74) is 0.624. The molecular formula is C16H14Cl2F2N4O3S. The number of sulfonamides is 1. The lowest BCUT2D eigenvalue weighted by Crippen LogP contribution is -2.11. The zero-order valence-corrected chi connectivity index (χ0v) is 16.7. The molecule has 0 unspecified atom stereocenters. The number of rotatable bonds is 6. The van der Waals surface area contributed by atoms with Crippen LogP contribution in [-0.4, -0.2) is 36.5 Å². The van der Waals surface area contributed by atoms with Crippen LogP contribution >= 0.6 is 23.2 Å². The molecule has 0 bridgehead atoms. The Labute approximate surface area is 169 Å². The molecule has 1 aromatic carbocycles. The third-order valence-electron chi connectivity index (χ3n) is 3.98. The molecule has 3 rings (SSSR count). The second-order valence-electron chi connectivity index (χ2n) is 5.80. The fourth-order valence-electron chi connectivity index (χ4n) is 2.72. The molecule has 7 nitrogen and oxygen atoms in total. The summed E-state index contributed by atoms with van der Waals surface area (Å²) in [6.45, 7) is 0. The van der Waals surface area contributed by atoms with Crippen LogP contribution in [0, 0.1) is 0 Å². The summed E-state index contributed by atoms with van der Waals surface area (Å²) in [4.78, 5) is 8.15. The van der Waals surface area contributed by atoms with Crippen molar-refractivity contribution < 1.29 is 21.9 Å². The normalized spacial score (nSPS) is 12.1. The van der Waals surface area contributed by atoms with Crippen LogP contribution in [0.1, 0.15) is 12.0 Å². The Balaban J connectivity index is 2.22. The van der Waals surface area contributed by atoms with Crippen LogP contribution < -0.4 is 9.88 Å². The van der Waals surface area contributed by atoms with E-state index in [2.05, 4.69) is 9.97 Å². The third-order valence-corrected chi connectivity index (χ3v) is 5.71. The number of fused-ring (bicyclic) bond motifs is 1. The summed E-state index contributed by atoms with van der Waals surface area (Å²) in [5.74, 6) is 0.101. The number of aryl methyl sites for hydroxylation is 1. The van der Waals surface area contributed by atoms with E-state index >= 15 is 0 Å². The highest BCUT2D eigenvalue weighted by Crippen LogP contribution is 2.36. The third kappa shape index (κ3) is 3.90. The Morgan fingerprint density at radius 3 is 2.64 bits per heavy atom. The first-order chi connectivity index (χ1) is 13.1. The van der Waals surface area contributed by atoms with Crippen LogP contribution in [0.5, 0.6) is 5.88 Å². The number of hydrogen-bond acceptors (Lipinski definition) is 5. The number of nitrogens with zero attached hydrogens (tertiary/aromatic N) is 3. The molecule has 2 heterocycles. The maximum absolute atomic E-state index is 12.5. The Morgan fingerprint density at radius 2 is 2.04 bits per heavy atom. The summed E-state index contributed by atoms with van der Waals surface area (Å²) >= 11 is 12.3. The van der Waals surface area contributed by atoms with Crippen molar-refractivity contribution in [2.75, 3.05) is 7.11 Å². The van der Waals surface area contributed by atoms with E-state index in [0.29, 0.717) is 5.56 Å². The predicted molar refractivity (Wildman–Crippen MR) is 101 cm³/mol. The van der Waals surface area contributed by atoms with E-state index in [1.165, 1.54) is 36.2 Å². The van der Waals surface area contributed by atoms with Crippen LogP contribution in [0.25, 0.3) is 16.9 Å². The van der Waals surface area contributed by atoms with Crippen LogP contribution in [0.3, 0.4) is 0 Å². The second kappa shape index (κ2) is 7.78. The quantitative estimate of drug-likeness (QED) is 0.618. The lowest BCUT2D eigenvalue weighted by atomic mass is 10.2. The van der Waals surface area contributed by atoms with Gasteiger partial charge in [-0.1, -0.05) is 23.2 Å². The molecule has 12 heteroatoms. The van der Waals surface area contributed by atoms with E-state index < -0.39 is 16.4 Å². The maximum atomic E-state index is 12.5. The Kier molecular flexibility index (Phi) is 5.76. The molecule has 0 amide bonds. The first-order valence-electron chi connectivity index (χ1n) is 7.83. The van der Waals surface area contributed by atoms with Crippen molar-refractivity contribution in [1.82, 2.24) is 14.5 Å². The Morgan fingerprint density at radius 1 is 1.32 bits per heavy atom. The average molecular weight is 451 g/mol. The summed E-state index contributed by atoms with van der Waals surface area (Å²) in [6, 6.07) is 2.91. The molecule has 0 aliphatic rings. The molecule has 0 atom stereocenters. The highest BCUT2D eigenvalue weighted by molar-refractivity contribution is 7.89. The molecule has 2 N–H and O–H groups in total. The van der Waals surface area contributed by atoms with E-state index in [1.807, 2.05) is 0 Å². The van der Waals surface area contributed by atoms with Gasteiger partial charge in [0.15, 0.2) is 0 Å². The zero-order chi connectivity index (χ0) is 20.6. The monoisotopic (exact) mass is 450 g/mol. The van der Waals surface area contributed by atoms with Gasteiger partial charge in [0.05, 0.1) is 22.7 Å². The summed E-state index contributed by atoms with van der Waals surface area (Å²) in [5, 5.41) is 5.81. The Hall–Kier alpha value is -2.01.